The standard InChI is InChI=1S/C14H17N3O3S/c1-20-12-4-2-3-11-13(5-6-16-14(11)12)21(18,19)17-9-7-15-8-10-17/h2-6,15H,7-10H2,1H3. The van der Waals surface area contributed by atoms with Crippen molar-refractivity contribution >= 4 is 20.9 Å². The predicted molar refractivity (Wildman–Crippen MR) is 79.9 cm³/mol. The van der Waals surface area contributed by atoms with Gasteiger partial charge >= 0.3 is 0 Å². The smallest absolute Gasteiger partial charge is 0.243 e. The van der Waals surface area contributed by atoms with Crippen molar-refractivity contribution in [1.29, 1.82) is 0 Å². The topological polar surface area (TPSA) is 71.5 Å². The van der Waals surface area contributed by atoms with Gasteiger partial charge in [-0.1, -0.05) is 12.1 Å². The Morgan fingerprint density at radius 3 is 2.71 bits per heavy atom. The molecule has 1 aromatic carbocycles. The summed E-state index contributed by atoms with van der Waals surface area (Å²) in [4.78, 5) is 4.54. The van der Waals surface area contributed by atoms with E-state index in [-0.39, 0.29) is 4.90 Å². The number of piperazine rings is 1. The summed E-state index contributed by atoms with van der Waals surface area (Å²) in [5, 5.41) is 3.75. The van der Waals surface area contributed by atoms with Crippen LogP contribution in [0.4, 0.5) is 0 Å². The first-order chi connectivity index (χ1) is 10.1. The van der Waals surface area contributed by atoms with Crippen molar-refractivity contribution in [3.05, 3.63) is 30.5 Å². The molecule has 1 fully saturated rings. The molecular weight excluding hydrogens is 290 g/mol. The van der Waals surface area contributed by atoms with Crippen molar-refractivity contribution < 1.29 is 13.2 Å². The molecule has 1 saturated heterocycles. The van der Waals surface area contributed by atoms with Gasteiger partial charge in [0.2, 0.25) is 10.0 Å². The fourth-order valence-electron chi connectivity index (χ4n) is 2.54. The zero-order chi connectivity index (χ0) is 14.9. The third kappa shape index (κ3) is 2.48. The van der Waals surface area contributed by atoms with Crippen LogP contribution in [-0.4, -0.2) is 51.0 Å². The molecule has 21 heavy (non-hydrogen) atoms. The Morgan fingerprint density at radius 1 is 1.24 bits per heavy atom. The second-order valence-corrected chi connectivity index (χ2v) is 6.73. The van der Waals surface area contributed by atoms with Crippen LogP contribution in [0, 0.1) is 0 Å². The van der Waals surface area contributed by atoms with Gasteiger partial charge < -0.3 is 10.1 Å². The van der Waals surface area contributed by atoms with Gasteiger partial charge in [0.05, 0.1) is 12.0 Å². The first-order valence-corrected chi connectivity index (χ1v) is 8.21. The number of nitrogens with one attached hydrogen (secondary N) is 1. The number of fused-ring (bicyclic) bond motifs is 1. The Morgan fingerprint density at radius 2 is 2.00 bits per heavy atom. The Hall–Kier alpha value is -1.70. The van der Waals surface area contributed by atoms with E-state index in [1.165, 1.54) is 10.5 Å². The molecule has 0 unspecified atom stereocenters. The van der Waals surface area contributed by atoms with Gasteiger partial charge in [-0.2, -0.15) is 4.31 Å². The third-order valence-corrected chi connectivity index (χ3v) is 5.56. The highest BCUT2D eigenvalue weighted by molar-refractivity contribution is 7.89. The minimum atomic E-state index is -3.52. The first kappa shape index (κ1) is 14.2. The van der Waals surface area contributed by atoms with Crippen LogP contribution in [-0.2, 0) is 10.0 Å². The van der Waals surface area contributed by atoms with Gasteiger partial charge in [0, 0.05) is 37.8 Å². The van der Waals surface area contributed by atoms with E-state index in [0.29, 0.717) is 42.8 Å². The summed E-state index contributed by atoms with van der Waals surface area (Å²) < 4.78 is 32.4. The SMILES string of the molecule is COc1cccc2c(S(=O)(=O)N3CCNCC3)ccnc12. The van der Waals surface area contributed by atoms with E-state index in [1.807, 2.05) is 0 Å². The van der Waals surface area contributed by atoms with Crippen molar-refractivity contribution in [2.45, 2.75) is 4.90 Å². The lowest BCUT2D eigenvalue weighted by atomic mass is 10.2. The summed E-state index contributed by atoms with van der Waals surface area (Å²) in [6.45, 7) is 2.31. The number of hydrogen-bond donors (Lipinski definition) is 1. The highest BCUT2D eigenvalue weighted by atomic mass is 32.2. The van der Waals surface area contributed by atoms with Gasteiger partial charge in [-0.05, 0) is 12.1 Å². The molecule has 0 atom stereocenters. The van der Waals surface area contributed by atoms with Crippen LogP contribution in [0.1, 0.15) is 0 Å². The summed E-state index contributed by atoms with van der Waals surface area (Å²) in [7, 11) is -1.97. The van der Waals surface area contributed by atoms with Gasteiger partial charge in [0.25, 0.3) is 0 Å². The second kappa shape index (κ2) is 5.59. The van der Waals surface area contributed by atoms with Crippen LogP contribution in [0.15, 0.2) is 35.4 Å². The molecule has 1 aliphatic heterocycles. The minimum absolute atomic E-state index is 0.285. The number of pyridine rings is 1. The van der Waals surface area contributed by atoms with Crippen LogP contribution in [0.25, 0.3) is 10.9 Å². The van der Waals surface area contributed by atoms with E-state index in [2.05, 4.69) is 10.3 Å². The molecular formula is C14H17N3O3S. The number of methoxy groups -OCH3 is 1. The summed E-state index contributed by atoms with van der Waals surface area (Å²) in [6.07, 6.45) is 1.51. The molecule has 2 heterocycles. The molecule has 1 aromatic heterocycles. The molecule has 0 bridgehead atoms. The molecule has 0 spiro atoms. The average Bonchev–Trinajstić information content (AvgIpc) is 2.54. The number of para-hydroxylation sites is 1. The molecule has 3 rings (SSSR count). The molecule has 0 amide bonds. The number of ether oxygens (including phenoxy) is 1. The number of rotatable bonds is 3. The lowest BCUT2D eigenvalue weighted by molar-refractivity contribution is 0.360. The normalized spacial score (nSPS) is 17.0. The number of benzene rings is 1. The summed E-state index contributed by atoms with van der Waals surface area (Å²) in [6, 6.07) is 6.87. The Bertz CT molecular complexity index is 755. The Kier molecular flexibility index (Phi) is 3.79. The lowest BCUT2D eigenvalue weighted by Crippen LogP contribution is -2.46. The zero-order valence-electron chi connectivity index (χ0n) is 11.7. The van der Waals surface area contributed by atoms with Gasteiger partial charge in [-0.15, -0.1) is 0 Å². The highest BCUT2D eigenvalue weighted by Gasteiger charge is 2.27. The van der Waals surface area contributed by atoms with Crippen LogP contribution in [0.3, 0.4) is 0 Å². The summed E-state index contributed by atoms with van der Waals surface area (Å²) in [5.74, 6) is 0.574. The summed E-state index contributed by atoms with van der Waals surface area (Å²) >= 11 is 0. The highest BCUT2D eigenvalue weighted by Crippen LogP contribution is 2.29. The van der Waals surface area contributed by atoms with Crippen LogP contribution in [0.2, 0.25) is 0 Å². The maximum atomic E-state index is 12.8. The van der Waals surface area contributed by atoms with E-state index in [0.717, 1.165) is 0 Å². The minimum Gasteiger partial charge on any atom is -0.494 e. The van der Waals surface area contributed by atoms with Crippen molar-refractivity contribution in [1.82, 2.24) is 14.6 Å². The van der Waals surface area contributed by atoms with Gasteiger partial charge in [-0.3, -0.25) is 4.98 Å². The fourth-order valence-corrected chi connectivity index (χ4v) is 4.15. The van der Waals surface area contributed by atoms with Gasteiger partial charge in [-0.25, -0.2) is 8.42 Å². The Balaban J connectivity index is 2.16. The summed E-state index contributed by atoms with van der Waals surface area (Å²) in [5.41, 5.74) is 0.566. The molecule has 6 nitrogen and oxygen atoms in total. The lowest BCUT2D eigenvalue weighted by Gasteiger charge is -2.27. The first-order valence-electron chi connectivity index (χ1n) is 6.77. The van der Waals surface area contributed by atoms with E-state index < -0.39 is 10.0 Å². The molecule has 7 heteroatoms. The maximum absolute atomic E-state index is 12.8. The van der Waals surface area contributed by atoms with E-state index in [1.54, 1.807) is 31.4 Å². The molecule has 2 aromatic rings. The molecule has 112 valence electrons. The number of sulfonamides is 1. The molecule has 0 aliphatic carbocycles. The van der Waals surface area contributed by atoms with E-state index >= 15 is 0 Å². The molecule has 1 N–H and O–H groups in total. The van der Waals surface area contributed by atoms with Crippen LogP contribution in [0.5, 0.6) is 5.75 Å². The predicted octanol–water partition coefficient (Wildman–Crippen LogP) is 0.837. The molecule has 0 radical (unpaired) electrons. The molecule has 0 saturated carbocycles. The van der Waals surface area contributed by atoms with E-state index in [4.69, 9.17) is 4.74 Å². The molecule has 1 aliphatic rings. The quantitative estimate of drug-likeness (QED) is 0.910. The van der Waals surface area contributed by atoms with Crippen molar-refractivity contribution in [2.24, 2.45) is 0 Å². The zero-order valence-corrected chi connectivity index (χ0v) is 12.6. The number of nitrogens with zero attached hydrogens (tertiary/aromatic N) is 2. The van der Waals surface area contributed by atoms with Crippen LogP contribution < -0.4 is 10.1 Å². The second-order valence-electron chi connectivity index (χ2n) is 4.82. The largest absolute Gasteiger partial charge is 0.494 e. The monoisotopic (exact) mass is 307 g/mol. The van der Waals surface area contributed by atoms with E-state index in [9.17, 15) is 8.42 Å². The fraction of sp³-hybridized carbons (Fsp3) is 0.357. The van der Waals surface area contributed by atoms with Gasteiger partial charge in [0.15, 0.2) is 0 Å². The van der Waals surface area contributed by atoms with Crippen molar-refractivity contribution in [2.75, 3.05) is 33.3 Å². The van der Waals surface area contributed by atoms with Gasteiger partial charge in [0.1, 0.15) is 11.3 Å². The van der Waals surface area contributed by atoms with Crippen molar-refractivity contribution in [3.8, 4) is 5.75 Å². The maximum Gasteiger partial charge on any atom is 0.243 e. The van der Waals surface area contributed by atoms with Crippen molar-refractivity contribution in [3.63, 3.8) is 0 Å². The number of aromatic nitrogens is 1. The Labute approximate surface area is 123 Å². The van der Waals surface area contributed by atoms with Crippen LogP contribution >= 0.6 is 0 Å². The average molecular weight is 307 g/mol. The number of hydrogen-bond acceptors (Lipinski definition) is 5. The third-order valence-electron chi connectivity index (χ3n) is 3.61.